The molecule has 0 saturated heterocycles. The Morgan fingerprint density at radius 3 is 2.61 bits per heavy atom. The lowest BCUT2D eigenvalue weighted by molar-refractivity contribution is -0.130. The first-order valence-corrected chi connectivity index (χ1v) is 11.2. The highest BCUT2D eigenvalue weighted by Gasteiger charge is 2.20. The zero-order valence-corrected chi connectivity index (χ0v) is 18.6. The van der Waals surface area contributed by atoms with Gasteiger partial charge in [-0.25, -0.2) is 4.99 Å². The summed E-state index contributed by atoms with van der Waals surface area (Å²) in [7, 11) is 0. The van der Waals surface area contributed by atoms with Gasteiger partial charge in [0.25, 0.3) is 0 Å². The minimum atomic E-state index is 0.0618. The smallest absolute Gasteiger partial charge is 0.244 e. The fourth-order valence-electron chi connectivity index (χ4n) is 3.66. The first kappa shape index (κ1) is 22.8. The highest BCUT2D eigenvalue weighted by Crippen LogP contribution is 2.18. The highest BCUT2D eigenvalue weighted by atomic mass is 16.5. The first-order chi connectivity index (χ1) is 15.2. The number of benzene rings is 2. The van der Waals surface area contributed by atoms with Crippen molar-refractivity contribution >= 4 is 11.9 Å². The number of carbonyl (C=O) groups excluding carboxylic acids is 1. The van der Waals surface area contributed by atoms with E-state index in [4.69, 9.17) is 4.74 Å². The number of ether oxygens (including phenoxy) is 1. The average molecular weight is 423 g/mol. The fourth-order valence-corrected chi connectivity index (χ4v) is 3.66. The SMILES string of the molecule is CCNC(=NCC(=O)N1CCc2ccccc2C1)NCCCOC(C)c1ccccc1. The standard InChI is InChI=1S/C25H34N4O2/c1-3-26-25(27-15-9-17-31-20(2)21-10-5-4-6-11-21)28-18-24(30)29-16-14-22-12-7-8-13-23(22)19-29/h4-8,10-13,20H,3,9,14-19H2,1-2H3,(H2,26,27,28). The molecular formula is C25H34N4O2. The molecule has 6 nitrogen and oxygen atoms in total. The molecule has 166 valence electrons. The van der Waals surface area contributed by atoms with E-state index in [1.165, 1.54) is 16.7 Å². The lowest BCUT2D eigenvalue weighted by atomic mass is 10.00. The van der Waals surface area contributed by atoms with Gasteiger partial charge < -0.3 is 20.3 Å². The number of carbonyl (C=O) groups is 1. The molecule has 0 radical (unpaired) electrons. The maximum Gasteiger partial charge on any atom is 0.244 e. The van der Waals surface area contributed by atoms with E-state index in [2.05, 4.69) is 52.9 Å². The summed E-state index contributed by atoms with van der Waals surface area (Å²) in [4.78, 5) is 19.0. The van der Waals surface area contributed by atoms with Crippen LogP contribution >= 0.6 is 0 Å². The van der Waals surface area contributed by atoms with Crippen molar-refractivity contribution in [3.05, 3.63) is 71.3 Å². The Balaban J connectivity index is 1.40. The maximum atomic E-state index is 12.6. The predicted octanol–water partition coefficient (Wildman–Crippen LogP) is 3.29. The van der Waals surface area contributed by atoms with Crippen molar-refractivity contribution in [2.45, 2.75) is 39.3 Å². The molecule has 0 aromatic heterocycles. The molecule has 2 N–H and O–H groups in total. The van der Waals surface area contributed by atoms with Crippen LogP contribution in [0.2, 0.25) is 0 Å². The van der Waals surface area contributed by atoms with Crippen molar-refractivity contribution in [2.75, 3.05) is 32.8 Å². The van der Waals surface area contributed by atoms with Crippen LogP contribution in [0.5, 0.6) is 0 Å². The van der Waals surface area contributed by atoms with Crippen LogP contribution in [0.25, 0.3) is 0 Å². The molecule has 0 aliphatic carbocycles. The third kappa shape index (κ3) is 7.10. The van der Waals surface area contributed by atoms with Crippen molar-refractivity contribution in [3.63, 3.8) is 0 Å². The number of nitrogens with zero attached hydrogens (tertiary/aromatic N) is 2. The lowest BCUT2D eigenvalue weighted by Crippen LogP contribution is -2.41. The van der Waals surface area contributed by atoms with Gasteiger partial charge >= 0.3 is 0 Å². The molecule has 6 heteroatoms. The molecule has 1 amide bonds. The van der Waals surface area contributed by atoms with Gasteiger partial charge in [0.1, 0.15) is 6.54 Å². The van der Waals surface area contributed by atoms with E-state index in [1.807, 2.05) is 36.1 Å². The second-order valence-electron chi connectivity index (χ2n) is 7.73. The van der Waals surface area contributed by atoms with E-state index in [0.717, 1.165) is 32.5 Å². The van der Waals surface area contributed by atoms with Gasteiger partial charge in [-0.3, -0.25) is 4.79 Å². The van der Waals surface area contributed by atoms with Crippen LogP contribution in [-0.2, 0) is 22.5 Å². The van der Waals surface area contributed by atoms with E-state index in [9.17, 15) is 4.79 Å². The Kier molecular flexibility index (Phi) is 8.91. The quantitative estimate of drug-likeness (QED) is 0.370. The Labute approximate surface area is 185 Å². The molecule has 1 unspecified atom stereocenters. The Morgan fingerprint density at radius 1 is 1.10 bits per heavy atom. The molecule has 3 rings (SSSR count). The average Bonchev–Trinajstić information content (AvgIpc) is 2.82. The second kappa shape index (κ2) is 12.1. The van der Waals surface area contributed by atoms with Crippen LogP contribution in [0.3, 0.4) is 0 Å². The van der Waals surface area contributed by atoms with Gasteiger partial charge in [-0.15, -0.1) is 0 Å². The van der Waals surface area contributed by atoms with Crippen LogP contribution in [0.4, 0.5) is 0 Å². The van der Waals surface area contributed by atoms with Crippen molar-refractivity contribution in [2.24, 2.45) is 4.99 Å². The van der Waals surface area contributed by atoms with Gasteiger partial charge in [0, 0.05) is 32.8 Å². The van der Waals surface area contributed by atoms with Crippen molar-refractivity contribution in [3.8, 4) is 0 Å². The molecule has 2 aromatic rings. The van der Waals surface area contributed by atoms with E-state index in [-0.39, 0.29) is 18.6 Å². The zero-order valence-electron chi connectivity index (χ0n) is 18.6. The topological polar surface area (TPSA) is 66.0 Å². The first-order valence-electron chi connectivity index (χ1n) is 11.2. The number of fused-ring (bicyclic) bond motifs is 1. The summed E-state index contributed by atoms with van der Waals surface area (Å²) in [5.74, 6) is 0.732. The van der Waals surface area contributed by atoms with Gasteiger partial charge in [0.05, 0.1) is 6.10 Å². The molecule has 1 aliphatic rings. The zero-order chi connectivity index (χ0) is 21.9. The summed E-state index contributed by atoms with van der Waals surface area (Å²) in [6.07, 6.45) is 1.85. The molecule has 0 spiro atoms. The number of hydrogen-bond donors (Lipinski definition) is 2. The van der Waals surface area contributed by atoms with Gasteiger partial charge in [-0.05, 0) is 43.4 Å². The van der Waals surface area contributed by atoms with E-state index in [1.54, 1.807) is 0 Å². The third-order valence-electron chi connectivity index (χ3n) is 5.45. The highest BCUT2D eigenvalue weighted by molar-refractivity contribution is 5.85. The molecule has 0 saturated carbocycles. The van der Waals surface area contributed by atoms with Crippen LogP contribution < -0.4 is 10.6 Å². The Morgan fingerprint density at radius 2 is 1.84 bits per heavy atom. The fraction of sp³-hybridized carbons (Fsp3) is 0.440. The molecule has 0 bridgehead atoms. The molecule has 0 fully saturated rings. The van der Waals surface area contributed by atoms with Gasteiger partial charge in [0.15, 0.2) is 5.96 Å². The summed E-state index contributed by atoms with van der Waals surface area (Å²) >= 11 is 0. The van der Waals surface area contributed by atoms with Crippen LogP contribution in [-0.4, -0.2) is 49.6 Å². The van der Waals surface area contributed by atoms with Gasteiger partial charge in [-0.2, -0.15) is 0 Å². The van der Waals surface area contributed by atoms with Crippen LogP contribution in [0.15, 0.2) is 59.6 Å². The Bertz CT molecular complexity index is 854. The van der Waals surface area contributed by atoms with Crippen molar-refractivity contribution in [1.29, 1.82) is 0 Å². The van der Waals surface area contributed by atoms with E-state index >= 15 is 0 Å². The second-order valence-corrected chi connectivity index (χ2v) is 7.73. The maximum absolute atomic E-state index is 12.6. The Hall–Kier alpha value is -2.86. The number of guanidine groups is 1. The monoisotopic (exact) mass is 422 g/mol. The van der Waals surface area contributed by atoms with Crippen molar-refractivity contribution in [1.82, 2.24) is 15.5 Å². The summed E-state index contributed by atoms with van der Waals surface area (Å²) in [6, 6.07) is 18.6. The molecule has 1 atom stereocenters. The number of aliphatic imine (C=N–C) groups is 1. The molecule has 2 aromatic carbocycles. The van der Waals surface area contributed by atoms with Gasteiger partial charge in [-0.1, -0.05) is 54.6 Å². The largest absolute Gasteiger partial charge is 0.374 e. The summed E-state index contributed by atoms with van der Waals surface area (Å²) in [5.41, 5.74) is 3.76. The van der Waals surface area contributed by atoms with E-state index in [0.29, 0.717) is 19.1 Å². The molecule has 1 aliphatic heterocycles. The van der Waals surface area contributed by atoms with Crippen LogP contribution in [0.1, 0.15) is 43.1 Å². The number of rotatable bonds is 9. The summed E-state index contributed by atoms with van der Waals surface area (Å²) in [5, 5.41) is 6.51. The minimum Gasteiger partial charge on any atom is -0.374 e. The number of hydrogen-bond acceptors (Lipinski definition) is 3. The predicted molar refractivity (Wildman–Crippen MR) is 125 cm³/mol. The number of nitrogens with one attached hydrogen (secondary N) is 2. The van der Waals surface area contributed by atoms with Crippen LogP contribution in [0, 0.1) is 0 Å². The van der Waals surface area contributed by atoms with Gasteiger partial charge in [0.2, 0.25) is 5.91 Å². The number of amides is 1. The minimum absolute atomic E-state index is 0.0618. The lowest BCUT2D eigenvalue weighted by Gasteiger charge is -2.28. The van der Waals surface area contributed by atoms with Crippen molar-refractivity contribution < 1.29 is 9.53 Å². The molecule has 31 heavy (non-hydrogen) atoms. The molecule has 1 heterocycles. The normalized spacial score (nSPS) is 14.6. The molecular weight excluding hydrogens is 388 g/mol. The summed E-state index contributed by atoms with van der Waals surface area (Å²) in [6.45, 7) is 7.81. The van der Waals surface area contributed by atoms with E-state index < -0.39 is 0 Å². The summed E-state index contributed by atoms with van der Waals surface area (Å²) < 4.78 is 5.91. The third-order valence-corrected chi connectivity index (χ3v) is 5.45.